The zero-order valence-electron chi connectivity index (χ0n) is 14.6. The first-order valence-corrected chi connectivity index (χ1v) is 8.19. The van der Waals surface area contributed by atoms with Gasteiger partial charge in [-0.2, -0.15) is 0 Å². The van der Waals surface area contributed by atoms with Gasteiger partial charge in [0.1, 0.15) is 0 Å². The molecule has 1 N–H and O–H groups in total. The summed E-state index contributed by atoms with van der Waals surface area (Å²) in [4.78, 5) is 14.0. The maximum absolute atomic E-state index is 12.2. The Balaban J connectivity index is 1.84. The van der Waals surface area contributed by atoms with Crippen LogP contribution >= 0.6 is 0 Å². The van der Waals surface area contributed by atoms with Crippen LogP contribution < -0.4 is 5.32 Å². The molecule has 23 heavy (non-hydrogen) atoms. The Bertz CT molecular complexity index is 525. The van der Waals surface area contributed by atoms with Crippen LogP contribution in [0.15, 0.2) is 24.3 Å². The van der Waals surface area contributed by atoms with Crippen molar-refractivity contribution >= 4 is 6.03 Å². The molecule has 1 atom stereocenters. The number of carbonyl (C=O) groups is 1. The van der Waals surface area contributed by atoms with Gasteiger partial charge in [-0.25, -0.2) is 4.79 Å². The number of nitrogens with zero attached hydrogens (tertiary/aromatic N) is 1. The molecule has 1 saturated heterocycles. The monoisotopic (exact) mass is 320 g/mol. The summed E-state index contributed by atoms with van der Waals surface area (Å²) in [5, 5.41) is 2.98. The molecular weight excluding hydrogens is 292 g/mol. The maximum atomic E-state index is 12.2. The molecule has 1 heterocycles. The van der Waals surface area contributed by atoms with E-state index in [1.165, 1.54) is 0 Å². The van der Waals surface area contributed by atoms with E-state index in [4.69, 9.17) is 9.47 Å². The number of nitrogens with one attached hydrogen (secondary N) is 1. The Morgan fingerprint density at radius 1 is 1.39 bits per heavy atom. The molecule has 0 aromatic heterocycles. The molecule has 128 valence electrons. The van der Waals surface area contributed by atoms with E-state index >= 15 is 0 Å². The van der Waals surface area contributed by atoms with E-state index in [0.29, 0.717) is 32.8 Å². The fourth-order valence-corrected chi connectivity index (χ4v) is 2.42. The second kappa shape index (κ2) is 7.79. The standard InChI is InChI=1S/C18H28N2O3/c1-14-12-20(8-9-22-14)17(21)19-11-15-6-5-7-16(10-15)13-23-18(2,3)4/h5-7,10,14H,8-9,11-13H2,1-4H3,(H,19,21). The van der Waals surface area contributed by atoms with Gasteiger partial charge in [0.25, 0.3) is 0 Å². The minimum Gasteiger partial charge on any atom is -0.375 e. The molecule has 2 amide bonds. The molecule has 1 aromatic carbocycles. The van der Waals surface area contributed by atoms with Crippen LogP contribution in [-0.2, 0) is 22.6 Å². The molecule has 5 nitrogen and oxygen atoms in total. The van der Waals surface area contributed by atoms with Gasteiger partial charge < -0.3 is 19.7 Å². The molecule has 2 rings (SSSR count). The molecule has 0 spiro atoms. The SMILES string of the molecule is CC1CN(C(=O)NCc2cccc(COC(C)(C)C)c2)CCO1. The molecule has 5 heteroatoms. The predicted octanol–water partition coefficient (Wildman–Crippen LogP) is 2.93. The molecule has 1 aliphatic heterocycles. The molecule has 0 bridgehead atoms. The number of benzene rings is 1. The Morgan fingerprint density at radius 3 is 2.83 bits per heavy atom. The van der Waals surface area contributed by atoms with Gasteiger partial charge in [-0.3, -0.25) is 0 Å². The highest BCUT2D eigenvalue weighted by Gasteiger charge is 2.20. The van der Waals surface area contributed by atoms with Gasteiger partial charge in [-0.1, -0.05) is 24.3 Å². The minimum absolute atomic E-state index is 0.0310. The lowest BCUT2D eigenvalue weighted by molar-refractivity contribution is -0.0149. The van der Waals surface area contributed by atoms with E-state index in [1.54, 1.807) is 4.90 Å². The Hall–Kier alpha value is -1.59. The third kappa shape index (κ3) is 6.20. The van der Waals surface area contributed by atoms with Crippen LogP contribution in [0.2, 0.25) is 0 Å². The molecular formula is C18H28N2O3. The van der Waals surface area contributed by atoms with E-state index < -0.39 is 0 Å². The number of urea groups is 1. The van der Waals surface area contributed by atoms with Crippen molar-refractivity contribution in [1.29, 1.82) is 0 Å². The average molecular weight is 320 g/mol. The molecule has 1 fully saturated rings. The number of morpholine rings is 1. The number of carbonyl (C=O) groups excluding carboxylic acids is 1. The van der Waals surface area contributed by atoms with Crippen molar-refractivity contribution in [1.82, 2.24) is 10.2 Å². The maximum Gasteiger partial charge on any atom is 0.317 e. The first-order valence-electron chi connectivity index (χ1n) is 8.19. The molecule has 1 unspecified atom stereocenters. The van der Waals surface area contributed by atoms with Crippen LogP contribution in [0.1, 0.15) is 38.8 Å². The van der Waals surface area contributed by atoms with E-state index in [9.17, 15) is 4.79 Å². The summed E-state index contributed by atoms with van der Waals surface area (Å²) in [7, 11) is 0. The van der Waals surface area contributed by atoms with Crippen molar-refractivity contribution in [3.63, 3.8) is 0 Å². The lowest BCUT2D eigenvalue weighted by Gasteiger charge is -2.31. The van der Waals surface area contributed by atoms with E-state index in [2.05, 4.69) is 11.4 Å². The smallest absolute Gasteiger partial charge is 0.317 e. The fourth-order valence-electron chi connectivity index (χ4n) is 2.42. The van der Waals surface area contributed by atoms with Gasteiger partial charge in [-0.05, 0) is 38.8 Å². The molecule has 0 aliphatic carbocycles. The van der Waals surface area contributed by atoms with Crippen molar-refractivity contribution in [3.8, 4) is 0 Å². The molecule has 0 radical (unpaired) electrons. The highest BCUT2D eigenvalue weighted by molar-refractivity contribution is 5.74. The zero-order valence-corrected chi connectivity index (χ0v) is 14.6. The number of hydrogen-bond donors (Lipinski definition) is 1. The Morgan fingerprint density at radius 2 is 2.13 bits per heavy atom. The van der Waals surface area contributed by atoms with Crippen molar-refractivity contribution in [2.24, 2.45) is 0 Å². The third-order valence-corrected chi connectivity index (χ3v) is 3.64. The first-order chi connectivity index (χ1) is 10.8. The third-order valence-electron chi connectivity index (χ3n) is 3.64. The van der Waals surface area contributed by atoms with E-state index in [1.807, 2.05) is 45.9 Å². The molecule has 1 aromatic rings. The number of ether oxygens (including phenoxy) is 2. The Kier molecular flexibility index (Phi) is 6.02. The normalized spacial score (nSPS) is 18.8. The van der Waals surface area contributed by atoms with Crippen molar-refractivity contribution in [3.05, 3.63) is 35.4 Å². The predicted molar refractivity (Wildman–Crippen MR) is 90.2 cm³/mol. The van der Waals surface area contributed by atoms with Crippen LogP contribution in [-0.4, -0.2) is 42.3 Å². The van der Waals surface area contributed by atoms with Crippen molar-refractivity contribution < 1.29 is 14.3 Å². The van der Waals surface area contributed by atoms with Crippen LogP contribution in [0.5, 0.6) is 0 Å². The summed E-state index contributed by atoms with van der Waals surface area (Å²) in [5.74, 6) is 0. The van der Waals surface area contributed by atoms with Gasteiger partial charge in [0.05, 0.1) is 24.9 Å². The van der Waals surface area contributed by atoms with Gasteiger partial charge in [0, 0.05) is 19.6 Å². The Labute approximate surface area is 139 Å². The van der Waals surface area contributed by atoms with Gasteiger partial charge >= 0.3 is 6.03 Å². The van der Waals surface area contributed by atoms with E-state index in [0.717, 1.165) is 11.1 Å². The van der Waals surface area contributed by atoms with Crippen molar-refractivity contribution in [2.75, 3.05) is 19.7 Å². The van der Waals surface area contributed by atoms with Gasteiger partial charge in [0.2, 0.25) is 0 Å². The van der Waals surface area contributed by atoms with Crippen LogP contribution in [0.25, 0.3) is 0 Å². The molecule has 0 saturated carbocycles. The van der Waals surface area contributed by atoms with Gasteiger partial charge in [0.15, 0.2) is 0 Å². The summed E-state index contributed by atoms with van der Waals surface area (Å²) >= 11 is 0. The first kappa shape index (κ1) is 17.8. The zero-order chi connectivity index (χ0) is 16.9. The van der Waals surface area contributed by atoms with Crippen LogP contribution in [0, 0.1) is 0 Å². The summed E-state index contributed by atoms with van der Waals surface area (Å²) in [5.41, 5.74) is 2.04. The quantitative estimate of drug-likeness (QED) is 0.928. The lowest BCUT2D eigenvalue weighted by atomic mass is 10.1. The minimum atomic E-state index is -0.156. The summed E-state index contributed by atoms with van der Waals surface area (Å²) in [6.07, 6.45) is 0.104. The van der Waals surface area contributed by atoms with E-state index in [-0.39, 0.29) is 17.7 Å². The average Bonchev–Trinajstić information content (AvgIpc) is 2.50. The second-order valence-corrected chi connectivity index (χ2v) is 7.01. The number of rotatable bonds is 4. The van der Waals surface area contributed by atoms with Gasteiger partial charge in [-0.15, -0.1) is 0 Å². The summed E-state index contributed by atoms with van der Waals surface area (Å²) in [6, 6.07) is 8.11. The highest BCUT2D eigenvalue weighted by atomic mass is 16.5. The topological polar surface area (TPSA) is 50.8 Å². The second-order valence-electron chi connectivity index (χ2n) is 7.01. The van der Waals surface area contributed by atoms with Crippen LogP contribution in [0.3, 0.4) is 0 Å². The number of amides is 2. The largest absolute Gasteiger partial charge is 0.375 e. The number of hydrogen-bond acceptors (Lipinski definition) is 3. The molecule has 1 aliphatic rings. The van der Waals surface area contributed by atoms with Crippen molar-refractivity contribution in [2.45, 2.75) is 52.6 Å². The lowest BCUT2D eigenvalue weighted by Crippen LogP contribution is -2.48. The summed E-state index contributed by atoms with van der Waals surface area (Å²) < 4.78 is 11.2. The van der Waals surface area contributed by atoms with Crippen LogP contribution in [0.4, 0.5) is 4.79 Å². The summed E-state index contributed by atoms with van der Waals surface area (Å²) in [6.45, 7) is 11.1. The fraction of sp³-hybridized carbons (Fsp3) is 0.611. The highest BCUT2D eigenvalue weighted by Crippen LogP contribution is 2.13.